The molecule has 0 saturated carbocycles. The normalized spacial score (nSPS) is 11.1. The zero-order chi connectivity index (χ0) is 19.1. The molecule has 27 heavy (non-hydrogen) atoms. The molecule has 0 aliphatic carbocycles. The van der Waals surface area contributed by atoms with E-state index in [9.17, 15) is 4.79 Å². The van der Waals surface area contributed by atoms with Gasteiger partial charge >= 0.3 is 0 Å². The maximum Gasteiger partial charge on any atom is 0.187 e. The van der Waals surface area contributed by atoms with Crippen LogP contribution >= 0.6 is 0 Å². The molecular weight excluding hydrogens is 336 g/mol. The first kappa shape index (κ1) is 18.3. The van der Waals surface area contributed by atoms with Crippen LogP contribution in [0.25, 0.3) is 5.70 Å². The second-order valence-corrected chi connectivity index (χ2v) is 6.11. The molecule has 0 unspecified atom stereocenters. The Kier molecular flexibility index (Phi) is 5.90. The molecule has 4 heteroatoms. The summed E-state index contributed by atoms with van der Waals surface area (Å²) in [5, 5.41) is 3.37. The standard InChI is InChI=1S/C23H22N2O2/c1-27-21-13-9-18(10-14-21)22(15-23(26)19-5-3-2-4-6-19)25-16-17-7-11-20(24)12-8-17/h2-15,25H,16,24H2,1H3/b22-15-. The Morgan fingerprint density at radius 3 is 2.22 bits per heavy atom. The second-order valence-electron chi connectivity index (χ2n) is 6.11. The molecule has 3 aromatic carbocycles. The first-order chi connectivity index (χ1) is 13.2. The van der Waals surface area contributed by atoms with Crippen molar-refractivity contribution in [3.63, 3.8) is 0 Å². The summed E-state index contributed by atoms with van der Waals surface area (Å²) in [5.74, 6) is 0.720. The third kappa shape index (κ3) is 4.98. The zero-order valence-electron chi connectivity index (χ0n) is 15.2. The highest BCUT2D eigenvalue weighted by Gasteiger charge is 2.08. The highest BCUT2D eigenvalue weighted by atomic mass is 16.5. The van der Waals surface area contributed by atoms with Crippen molar-refractivity contribution in [3.05, 3.63) is 102 Å². The third-order valence-corrected chi connectivity index (χ3v) is 4.20. The summed E-state index contributed by atoms with van der Waals surface area (Å²) in [6, 6.07) is 24.5. The van der Waals surface area contributed by atoms with Gasteiger partial charge in [-0.25, -0.2) is 0 Å². The van der Waals surface area contributed by atoms with E-state index in [1.165, 1.54) is 0 Å². The van der Waals surface area contributed by atoms with Gasteiger partial charge in [-0.1, -0.05) is 42.5 Å². The fraction of sp³-hybridized carbons (Fsp3) is 0.0870. The maximum atomic E-state index is 12.6. The Morgan fingerprint density at radius 1 is 0.926 bits per heavy atom. The lowest BCUT2D eigenvalue weighted by Gasteiger charge is -2.13. The monoisotopic (exact) mass is 358 g/mol. The van der Waals surface area contributed by atoms with E-state index in [1.54, 1.807) is 13.2 Å². The zero-order valence-corrected chi connectivity index (χ0v) is 15.2. The summed E-state index contributed by atoms with van der Waals surface area (Å²) in [6.45, 7) is 0.584. The number of benzene rings is 3. The van der Waals surface area contributed by atoms with Gasteiger partial charge in [0.15, 0.2) is 5.78 Å². The minimum Gasteiger partial charge on any atom is -0.497 e. The first-order valence-corrected chi connectivity index (χ1v) is 8.69. The van der Waals surface area contributed by atoms with Crippen LogP contribution in [-0.4, -0.2) is 12.9 Å². The van der Waals surface area contributed by atoms with Crippen LogP contribution in [-0.2, 0) is 6.54 Å². The average Bonchev–Trinajstić information content (AvgIpc) is 2.73. The molecule has 0 aromatic heterocycles. The van der Waals surface area contributed by atoms with Crippen LogP contribution in [0.1, 0.15) is 21.5 Å². The van der Waals surface area contributed by atoms with Gasteiger partial charge in [-0.3, -0.25) is 4.79 Å². The second kappa shape index (κ2) is 8.72. The number of rotatable bonds is 7. The van der Waals surface area contributed by atoms with Gasteiger partial charge in [0, 0.05) is 29.6 Å². The van der Waals surface area contributed by atoms with E-state index in [2.05, 4.69) is 5.32 Å². The largest absolute Gasteiger partial charge is 0.497 e. The van der Waals surface area contributed by atoms with E-state index >= 15 is 0 Å². The van der Waals surface area contributed by atoms with Crippen LogP contribution in [0.5, 0.6) is 5.75 Å². The van der Waals surface area contributed by atoms with Gasteiger partial charge in [0.05, 0.1) is 7.11 Å². The number of ketones is 1. The summed E-state index contributed by atoms with van der Waals surface area (Å²) in [6.07, 6.45) is 1.63. The number of carbonyl (C=O) groups excluding carboxylic acids is 1. The quantitative estimate of drug-likeness (QED) is 0.376. The molecule has 0 radical (unpaired) electrons. The van der Waals surface area contributed by atoms with Gasteiger partial charge in [0.25, 0.3) is 0 Å². The Balaban J connectivity index is 1.86. The predicted octanol–water partition coefficient (Wildman–Crippen LogP) is 4.29. The topological polar surface area (TPSA) is 64.3 Å². The van der Waals surface area contributed by atoms with Crippen molar-refractivity contribution in [2.75, 3.05) is 12.8 Å². The van der Waals surface area contributed by atoms with Crippen LogP contribution in [0.3, 0.4) is 0 Å². The molecule has 3 rings (SSSR count). The number of nitrogen functional groups attached to an aromatic ring is 1. The number of hydrogen-bond acceptors (Lipinski definition) is 4. The van der Waals surface area contributed by atoms with E-state index in [0.29, 0.717) is 12.1 Å². The molecule has 0 aliphatic rings. The molecule has 3 aromatic rings. The third-order valence-electron chi connectivity index (χ3n) is 4.20. The number of nitrogens with two attached hydrogens (primary N) is 1. The highest BCUT2D eigenvalue weighted by molar-refractivity contribution is 6.08. The summed E-state index contributed by atoms with van der Waals surface area (Å²) < 4.78 is 5.22. The van der Waals surface area contributed by atoms with Gasteiger partial charge in [-0.2, -0.15) is 0 Å². The molecule has 3 N–H and O–H groups in total. The average molecular weight is 358 g/mol. The van der Waals surface area contributed by atoms with Crippen LogP contribution < -0.4 is 15.8 Å². The van der Waals surface area contributed by atoms with Crippen LogP contribution in [0.4, 0.5) is 5.69 Å². The molecule has 0 bridgehead atoms. The first-order valence-electron chi connectivity index (χ1n) is 8.69. The van der Waals surface area contributed by atoms with Crippen LogP contribution in [0, 0.1) is 0 Å². The Labute approximate surface area is 159 Å². The van der Waals surface area contributed by atoms with E-state index in [4.69, 9.17) is 10.5 Å². The number of hydrogen-bond donors (Lipinski definition) is 2. The minimum atomic E-state index is -0.0498. The smallest absolute Gasteiger partial charge is 0.187 e. The molecule has 0 fully saturated rings. The maximum absolute atomic E-state index is 12.6. The molecule has 0 saturated heterocycles. The number of carbonyl (C=O) groups is 1. The molecule has 0 heterocycles. The van der Waals surface area contributed by atoms with Crippen molar-refractivity contribution < 1.29 is 9.53 Å². The molecule has 0 atom stereocenters. The van der Waals surface area contributed by atoms with E-state index in [0.717, 1.165) is 28.3 Å². The SMILES string of the molecule is COc1ccc(/C(=C/C(=O)c2ccccc2)NCc2ccc(N)cc2)cc1. The molecule has 136 valence electrons. The summed E-state index contributed by atoms with van der Waals surface area (Å²) in [5.41, 5.74) is 9.86. The van der Waals surface area contributed by atoms with Crippen molar-refractivity contribution >= 4 is 17.2 Å². The Hall–Kier alpha value is -3.53. The van der Waals surface area contributed by atoms with Crippen LogP contribution in [0.2, 0.25) is 0 Å². The van der Waals surface area contributed by atoms with Crippen LogP contribution in [0.15, 0.2) is 84.9 Å². The summed E-state index contributed by atoms with van der Waals surface area (Å²) in [4.78, 5) is 12.6. The molecule has 0 amide bonds. The summed E-state index contributed by atoms with van der Waals surface area (Å²) >= 11 is 0. The highest BCUT2D eigenvalue weighted by Crippen LogP contribution is 2.19. The van der Waals surface area contributed by atoms with Crippen molar-refractivity contribution in [3.8, 4) is 5.75 Å². The molecular formula is C23H22N2O2. The Bertz CT molecular complexity index is 915. The van der Waals surface area contributed by atoms with Gasteiger partial charge in [-0.05, 0) is 47.5 Å². The lowest BCUT2D eigenvalue weighted by atomic mass is 10.1. The fourth-order valence-corrected chi connectivity index (χ4v) is 2.66. The number of methoxy groups -OCH3 is 1. The molecule has 0 aliphatic heterocycles. The van der Waals surface area contributed by atoms with Crippen molar-refractivity contribution in [2.45, 2.75) is 6.54 Å². The van der Waals surface area contributed by atoms with Gasteiger partial charge < -0.3 is 15.8 Å². The van der Waals surface area contributed by atoms with Gasteiger partial charge in [0.1, 0.15) is 5.75 Å². The molecule has 4 nitrogen and oxygen atoms in total. The van der Waals surface area contributed by atoms with Crippen molar-refractivity contribution in [2.24, 2.45) is 0 Å². The fourth-order valence-electron chi connectivity index (χ4n) is 2.66. The molecule has 0 spiro atoms. The van der Waals surface area contributed by atoms with Gasteiger partial charge in [0.2, 0.25) is 0 Å². The lowest BCUT2D eigenvalue weighted by molar-refractivity contribution is 0.104. The van der Waals surface area contributed by atoms with Crippen molar-refractivity contribution in [1.82, 2.24) is 5.32 Å². The Morgan fingerprint density at radius 2 is 1.59 bits per heavy atom. The summed E-state index contributed by atoms with van der Waals surface area (Å²) in [7, 11) is 1.63. The van der Waals surface area contributed by atoms with E-state index in [-0.39, 0.29) is 5.78 Å². The predicted molar refractivity (Wildman–Crippen MR) is 109 cm³/mol. The van der Waals surface area contributed by atoms with E-state index in [1.807, 2.05) is 78.9 Å². The van der Waals surface area contributed by atoms with Crippen molar-refractivity contribution in [1.29, 1.82) is 0 Å². The number of nitrogens with one attached hydrogen (secondary N) is 1. The number of anilines is 1. The number of allylic oxidation sites excluding steroid dienone is 1. The number of ether oxygens (including phenoxy) is 1. The van der Waals surface area contributed by atoms with Gasteiger partial charge in [-0.15, -0.1) is 0 Å². The minimum absolute atomic E-state index is 0.0498. The van der Waals surface area contributed by atoms with E-state index < -0.39 is 0 Å². The lowest BCUT2D eigenvalue weighted by Crippen LogP contribution is -2.13.